The summed E-state index contributed by atoms with van der Waals surface area (Å²) >= 11 is 0. The van der Waals surface area contributed by atoms with Crippen molar-refractivity contribution in [1.82, 2.24) is 10.3 Å². The largest absolute Gasteiger partial charge is 0.369 e. The lowest BCUT2D eigenvalue weighted by Gasteiger charge is -2.20. The zero-order chi connectivity index (χ0) is 11.3. The van der Waals surface area contributed by atoms with E-state index in [9.17, 15) is 0 Å². The first-order chi connectivity index (χ1) is 7.03. The van der Waals surface area contributed by atoms with E-state index in [0.29, 0.717) is 0 Å². The van der Waals surface area contributed by atoms with Crippen molar-refractivity contribution >= 4 is 5.82 Å². The van der Waals surface area contributed by atoms with Crippen molar-refractivity contribution in [1.29, 1.82) is 0 Å². The first-order valence-corrected chi connectivity index (χ1v) is 5.35. The van der Waals surface area contributed by atoms with Gasteiger partial charge in [-0.25, -0.2) is 4.98 Å². The number of hydrogen-bond acceptors (Lipinski definition) is 3. The van der Waals surface area contributed by atoms with Crippen LogP contribution in [0.15, 0.2) is 18.3 Å². The number of nitrogens with zero attached hydrogens (tertiary/aromatic N) is 1. The van der Waals surface area contributed by atoms with Gasteiger partial charge < -0.3 is 10.6 Å². The van der Waals surface area contributed by atoms with Crippen LogP contribution in [0.25, 0.3) is 0 Å². The van der Waals surface area contributed by atoms with Gasteiger partial charge in [0.1, 0.15) is 5.82 Å². The molecule has 0 amide bonds. The molecule has 0 aliphatic carbocycles. The molecule has 1 aromatic heterocycles. The lowest BCUT2D eigenvalue weighted by atomic mass is 9.97. The summed E-state index contributed by atoms with van der Waals surface area (Å²) in [6.07, 6.45) is 1.82. The van der Waals surface area contributed by atoms with Crippen LogP contribution in [-0.2, 0) is 6.54 Å². The predicted molar refractivity (Wildman–Crippen MR) is 64.9 cm³/mol. The second kappa shape index (κ2) is 5.12. The Bertz CT molecular complexity index is 302. The van der Waals surface area contributed by atoms with Gasteiger partial charge in [-0.1, -0.05) is 26.8 Å². The Morgan fingerprint density at radius 1 is 1.33 bits per heavy atom. The van der Waals surface area contributed by atoms with E-state index in [-0.39, 0.29) is 5.41 Å². The molecule has 3 nitrogen and oxygen atoms in total. The standard InChI is InChI=1S/C12H21N3/c1-12(2,3)9-15-11-10(8-13-4)6-5-7-14-11/h5-7,13H,8-9H2,1-4H3,(H,14,15). The van der Waals surface area contributed by atoms with Gasteiger partial charge in [0.25, 0.3) is 0 Å². The highest BCUT2D eigenvalue weighted by Gasteiger charge is 2.11. The summed E-state index contributed by atoms with van der Waals surface area (Å²) in [7, 11) is 1.94. The number of pyridine rings is 1. The molecule has 1 rings (SSSR count). The molecule has 0 aliphatic rings. The van der Waals surface area contributed by atoms with E-state index in [0.717, 1.165) is 18.9 Å². The van der Waals surface area contributed by atoms with E-state index >= 15 is 0 Å². The number of nitrogens with one attached hydrogen (secondary N) is 2. The maximum absolute atomic E-state index is 4.35. The summed E-state index contributed by atoms with van der Waals surface area (Å²) in [5.74, 6) is 0.988. The van der Waals surface area contributed by atoms with Crippen molar-refractivity contribution in [3.8, 4) is 0 Å². The van der Waals surface area contributed by atoms with Crippen LogP contribution in [-0.4, -0.2) is 18.6 Å². The number of aromatic nitrogens is 1. The minimum absolute atomic E-state index is 0.272. The third kappa shape index (κ3) is 4.30. The molecule has 0 saturated carbocycles. The van der Waals surface area contributed by atoms with Crippen molar-refractivity contribution in [3.63, 3.8) is 0 Å². The van der Waals surface area contributed by atoms with Crippen LogP contribution in [0.4, 0.5) is 5.82 Å². The van der Waals surface area contributed by atoms with E-state index in [4.69, 9.17) is 0 Å². The average Bonchev–Trinajstić information content (AvgIpc) is 2.16. The van der Waals surface area contributed by atoms with Crippen molar-refractivity contribution < 1.29 is 0 Å². The van der Waals surface area contributed by atoms with Crippen molar-refractivity contribution in [2.24, 2.45) is 5.41 Å². The number of hydrogen-bond donors (Lipinski definition) is 2. The molecular weight excluding hydrogens is 186 g/mol. The Labute approximate surface area is 92.3 Å². The predicted octanol–water partition coefficient (Wildman–Crippen LogP) is 2.26. The normalized spacial score (nSPS) is 11.5. The molecular formula is C12H21N3. The van der Waals surface area contributed by atoms with Crippen molar-refractivity contribution in [3.05, 3.63) is 23.9 Å². The Balaban J connectivity index is 2.67. The molecule has 0 radical (unpaired) electrons. The Kier molecular flexibility index (Phi) is 4.09. The maximum Gasteiger partial charge on any atom is 0.130 e. The van der Waals surface area contributed by atoms with Crippen LogP contribution in [0.3, 0.4) is 0 Å². The van der Waals surface area contributed by atoms with Crippen molar-refractivity contribution in [2.45, 2.75) is 27.3 Å². The van der Waals surface area contributed by atoms with Gasteiger partial charge >= 0.3 is 0 Å². The summed E-state index contributed by atoms with van der Waals surface area (Å²) in [6.45, 7) is 8.41. The molecule has 0 aliphatic heterocycles. The molecule has 0 aromatic carbocycles. The molecule has 0 bridgehead atoms. The zero-order valence-corrected chi connectivity index (χ0v) is 10.1. The molecule has 15 heavy (non-hydrogen) atoms. The van der Waals surface area contributed by atoms with Crippen molar-refractivity contribution in [2.75, 3.05) is 18.9 Å². The lowest BCUT2D eigenvalue weighted by Crippen LogP contribution is -2.21. The molecule has 0 unspecified atom stereocenters. The fourth-order valence-corrected chi connectivity index (χ4v) is 1.28. The van der Waals surface area contributed by atoms with Gasteiger partial charge in [0.15, 0.2) is 0 Å². The molecule has 84 valence electrons. The molecule has 0 atom stereocenters. The van der Waals surface area contributed by atoms with Gasteiger partial charge in [-0.05, 0) is 18.5 Å². The van der Waals surface area contributed by atoms with Gasteiger partial charge in [-0.3, -0.25) is 0 Å². The van der Waals surface area contributed by atoms with Crippen LogP contribution >= 0.6 is 0 Å². The zero-order valence-electron chi connectivity index (χ0n) is 10.1. The smallest absolute Gasteiger partial charge is 0.130 e. The minimum atomic E-state index is 0.272. The quantitative estimate of drug-likeness (QED) is 0.795. The van der Waals surface area contributed by atoms with Crippen LogP contribution in [0.1, 0.15) is 26.3 Å². The Hall–Kier alpha value is -1.09. The second-order valence-corrected chi connectivity index (χ2v) is 4.96. The number of rotatable bonds is 4. The molecule has 0 spiro atoms. The number of anilines is 1. The lowest BCUT2D eigenvalue weighted by molar-refractivity contribution is 0.442. The Morgan fingerprint density at radius 2 is 2.07 bits per heavy atom. The monoisotopic (exact) mass is 207 g/mol. The highest BCUT2D eigenvalue weighted by Crippen LogP contribution is 2.16. The SMILES string of the molecule is CNCc1cccnc1NCC(C)(C)C. The van der Waals surface area contributed by atoms with Crippen LogP contribution in [0.5, 0.6) is 0 Å². The van der Waals surface area contributed by atoms with Crippen LogP contribution < -0.4 is 10.6 Å². The van der Waals surface area contributed by atoms with Gasteiger partial charge in [0.2, 0.25) is 0 Å². The highest BCUT2D eigenvalue weighted by atomic mass is 15.0. The van der Waals surface area contributed by atoms with E-state index in [2.05, 4.69) is 42.5 Å². The average molecular weight is 207 g/mol. The summed E-state index contributed by atoms with van der Waals surface area (Å²) < 4.78 is 0. The third-order valence-corrected chi connectivity index (χ3v) is 2.04. The second-order valence-electron chi connectivity index (χ2n) is 4.96. The summed E-state index contributed by atoms with van der Waals surface area (Å²) in [5, 5.41) is 6.53. The van der Waals surface area contributed by atoms with Gasteiger partial charge in [0.05, 0.1) is 0 Å². The molecule has 1 aromatic rings. The highest BCUT2D eigenvalue weighted by molar-refractivity contribution is 5.43. The Morgan fingerprint density at radius 3 is 2.67 bits per heavy atom. The summed E-state index contributed by atoms with van der Waals surface area (Å²) in [6, 6.07) is 4.06. The van der Waals surface area contributed by atoms with E-state index in [1.54, 1.807) is 0 Å². The van der Waals surface area contributed by atoms with E-state index in [1.165, 1.54) is 5.56 Å². The molecule has 0 fully saturated rings. The molecule has 0 saturated heterocycles. The van der Waals surface area contributed by atoms with Gasteiger partial charge in [-0.2, -0.15) is 0 Å². The minimum Gasteiger partial charge on any atom is -0.369 e. The molecule has 1 heterocycles. The first kappa shape index (κ1) is 12.0. The summed E-state index contributed by atoms with van der Waals surface area (Å²) in [5.41, 5.74) is 1.48. The fraction of sp³-hybridized carbons (Fsp3) is 0.583. The van der Waals surface area contributed by atoms with Crippen LogP contribution in [0.2, 0.25) is 0 Å². The van der Waals surface area contributed by atoms with E-state index in [1.807, 2.05) is 19.3 Å². The summed E-state index contributed by atoms with van der Waals surface area (Å²) in [4.78, 5) is 4.35. The first-order valence-electron chi connectivity index (χ1n) is 5.35. The molecule has 3 heteroatoms. The maximum atomic E-state index is 4.35. The van der Waals surface area contributed by atoms with Gasteiger partial charge in [0, 0.05) is 24.8 Å². The molecule has 2 N–H and O–H groups in total. The van der Waals surface area contributed by atoms with Gasteiger partial charge in [-0.15, -0.1) is 0 Å². The van der Waals surface area contributed by atoms with Crippen LogP contribution in [0, 0.1) is 5.41 Å². The van der Waals surface area contributed by atoms with E-state index < -0.39 is 0 Å². The third-order valence-electron chi connectivity index (χ3n) is 2.04. The fourth-order valence-electron chi connectivity index (χ4n) is 1.28. The topological polar surface area (TPSA) is 37.0 Å².